The van der Waals surface area contributed by atoms with E-state index in [1.54, 1.807) is 50.4 Å². The molecule has 2 aromatic rings. The SMILES string of the molecule is COc1cccc(/C=C/C(=O)Oc2cc(C)ccc2[N+](=O)[O-])c1. The van der Waals surface area contributed by atoms with E-state index in [9.17, 15) is 14.9 Å². The topological polar surface area (TPSA) is 78.7 Å². The third-order valence-corrected chi connectivity index (χ3v) is 3.03. The van der Waals surface area contributed by atoms with Gasteiger partial charge in [-0.3, -0.25) is 10.1 Å². The van der Waals surface area contributed by atoms with Crippen LogP contribution in [0.3, 0.4) is 0 Å². The molecule has 0 unspecified atom stereocenters. The van der Waals surface area contributed by atoms with Gasteiger partial charge in [-0.1, -0.05) is 18.2 Å². The Morgan fingerprint density at radius 3 is 2.70 bits per heavy atom. The highest BCUT2D eigenvalue weighted by Crippen LogP contribution is 2.28. The van der Waals surface area contributed by atoms with Gasteiger partial charge in [0.05, 0.1) is 12.0 Å². The van der Waals surface area contributed by atoms with E-state index in [2.05, 4.69) is 0 Å². The van der Waals surface area contributed by atoms with Gasteiger partial charge >= 0.3 is 11.7 Å². The fraction of sp³-hybridized carbons (Fsp3) is 0.118. The van der Waals surface area contributed by atoms with Gasteiger partial charge in [-0.25, -0.2) is 4.79 Å². The first-order valence-corrected chi connectivity index (χ1v) is 6.78. The van der Waals surface area contributed by atoms with E-state index < -0.39 is 10.9 Å². The molecule has 0 saturated heterocycles. The summed E-state index contributed by atoms with van der Waals surface area (Å²) < 4.78 is 10.2. The summed E-state index contributed by atoms with van der Waals surface area (Å²) in [5, 5.41) is 10.9. The van der Waals surface area contributed by atoms with Crippen molar-refractivity contribution in [3.63, 3.8) is 0 Å². The molecule has 0 aliphatic carbocycles. The molecule has 2 aromatic carbocycles. The van der Waals surface area contributed by atoms with Crippen molar-refractivity contribution in [3.05, 3.63) is 69.8 Å². The molecular formula is C17H15NO5. The van der Waals surface area contributed by atoms with Crippen LogP contribution in [0.2, 0.25) is 0 Å². The minimum absolute atomic E-state index is 0.0738. The van der Waals surface area contributed by atoms with Crippen molar-refractivity contribution in [2.75, 3.05) is 7.11 Å². The highest BCUT2D eigenvalue weighted by atomic mass is 16.6. The van der Waals surface area contributed by atoms with E-state index in [4.69, 9.17) is 9.47 Å². The van der Waals surface area contributed by atoms with Crippen LogP contribution in [0.4, 0.5) is 5.69 Å². The maximum absolute atomic E-state index is 11.9. The Bertz CT molecular complexity index is 767. The van der Waals surface area contributed by atoms with E-state index in [1.807, 2.05) is 0 Å². The van der Waals surface area contributed by atoms with Crippen molar-refractivity contribution in [1.29, 1.82) is 0 Å². The van der Waals surface area contributed by atoms with E-state index in [0.717, 1.165) is 11.1 Å². The van der Waals surface area contributed by atoms with Crippen molar-refractivity contribution < 1.29 is 19.2 Å². The minimum Gasteiger partial charge on any atom is -0.497 e. The molecule has 0 aliphatic heterocycles. The summed E-state index contributed by atoms with van der Waals surface area (Å²) in [7, 11) is 1.55. The molecule has 118 valence electrons. The van der Waals surface area contributed by atoms with Crippen LogP contribution < -0.4 is 9.47 Å². The van der Waals surface area contributed by atoms with Gasteiger partial charge in [0.2, 0.25) is 5.75 Å². The van der Waals surface area contributed by atoms with Crippen LogP contribution in [-0.2, 0) is 4.79 Å². The predicted octanol–water partition coefficient (Wildman–Crippen LogP) is 3.53. The number of carbonyl (C=O) groups is 1. The molecule has 6 heteroatoms. The van der Waals surface area contributed by atoms with Crippen molar-refractivity contribution in [2.45, 2.75) is 6.92 Å². The average Bonchev–Trinajstić information content (AvgIpc) is 2.53. The Kier molecular flexibility index (Phi) is 5.09. The number of nitro groups is 1. The number of benzene rings is 2. The molecule has 0 aliphatic rings. The third-order valence-electron chi connectivity index (χ3n) is 3.03. The number of hydrogen-bond donors (Lipinski definition) is 0. The normalized spacial score (nSPS) is 10.5. The number of aryl methyl sites for hydroxylation is 1. The third kappa shape index (κ3) is 4.41. The van der Waals surface area contributed by atoms with Gasteiger partial charge in [0, 0.05) is 12.1 Å². The van der Waals surface area contributed by atoms with E-state index >= 15 is 0 Å². The predicted molar refractivity (Wildman–Crippen MR) is 85.5 cm³/mol. The lowest BCUT2D eigenvalue weighted by atomic mass is 10.2. The van der Waals surface area contributed by atoms with E-state index in [0.29, 0.717) is 5.75 Å². The van der Waals surface area contributed by atoms with Crippen LogP contribution in [0.1, 0.15) is 11.1 Å². The van der Waals surface area contributed by atoms with Gasteiger partial charge in [0.25, 0.3) is 0 Å². The van der Waals surface area contributed by atoms with Crippen LogP contribution in [0.25, 0.3) is 6.08 Å². The average molecular weight is 313 g/mol. The molecule has 2 rings (SSSR count). The molecule has 0 N–H and O–H groups in total. The molecule has 0 spiro atoms. The molecular weight excluding hydrogens is 298 g/mol. The monoisotopic (exact) mass is 313 g/mol. The quantitative estimate of drug-likeness (QED) is 0.277. The number of carbonyl (C=O) groups excluding carboxylic acids is 1. The van der Waals surface area contributed by atoms with Crippen molar-refractivity contribution in [2.24, 2.45) is 0 Å². The number of rotatable bonds is 5. The summed E-state index contributed by atoms with van der Waals surface area (Å²) in [6, 6.07) is 11.5. The fourth-order valence-electron chi connectivity index (χ4n) is 1.91. The summed E-state index contributed by atoms with van der Waals surface area (Å²) in [6.07, 6.45) is 2.76. The zero-order valence-corrected chi connectivity index (χ0v) is 12.7. The smallest absolute Gasteiger partial charge is 0.336 e. The van der Waals surface area contributed by atoms with Crippen LogP contribution in [0, 0.1) is 17.0 Å². The van der Waals surface area contributed by atoms with E-state index in [-0.39, 0.29) is 11.4 Å². The highest BCUT2D eigenvalue weighted by Gasteiger charge is 2.16. The number of nitrogens with zero attached hydrogens (tertiary/aromatic N) is 1. The van der Waals surface area contributed by atoms with Gasteiger partial charge in [-0.2, -0.15) is 0 Å². The zero-order chi connectivity index (χ0) is 16.8. The molecule has 0 fully saturated rings. The molecule has 0 amide bonds. The molecule has 0 aromatic heterocycles. The fourth-order valence-corrected chi connectivity index (χ4v) is 1.91. The first-order valence-electron chi connectivity index (χ1n) is 6.78. The Balaban J connectivity index is 2.14. The van der Waals surface area contributed by atoms with Crippen LogP contribution in [-0.4, -0.2) is 18.0 Å². The zero-order valence-electron chi connectivity index (χ0n) is 12.7. The number of hydrogen-bond acceptors (Lipinski definition) is 5. The summed E-state index contributed by atoms with van der Waals surface area (Å²) in [5.74, 6) is -0.105. The molecule has 0 heterocycles. The molecule has 0 atom stereocenters. The van der Waals surface area contributed by atoms with Gasteiger partial charge in [-0.05, 0) is 42.3 Å². The van der Waals surface area contributed by atoms with Gasteiger partial charge in [-0.15, -0.1) is 0 Å². The molecule has 6 nitrogen and oxygen atoms in total. The summed E-state index contributed by atoms with van der Waals surface area (Å²) in [4.78, 5) is 22.2. The standard InChI is InChI=1S/C17H15NO5/c1-12-6-8-15(18(20)21)16(10-12)23-17(19)9-7-13-4-3-5-14(11-13)22-2/h3-11H,1-2H3/b9-7+. The number of methoxy groups -OCH3 is 1. The Morgan fingerprint density at radius 1 is 1.22 bits per heavy atom. The second-order valence-corrected chi connectivity index (χ2v) is 4.76. The number of esters is 1. The van der Waals surface area contributed by atoms with Crippen LogP contribution in [0.5, 0.6) is 11.5 Å². The molecule has 0 radical (unpaired) electrons. The highest BCUT2D eigenvalue weighted by molar-refractivity contribution is 5.89. The summed E-state index contributed by atoms with van der Waals surface area (Å²) in [5.41, 5.74) is 1.26. The summed E-state index contributed by atoms with van der Waals surface area (Å²) in [6.45, 7) is 1.76. The van der Waals surface area contributed by atoms with Crippen molar-refractivity contribution in [3.8, 4) is 11.5 Å². The Hall–Kier alpha value is -3.15. The Labute approximate surface area is 133 Å². The second kappa shape index (κ2) is 7.22. The lowest BCUT2D eigenvalue weighted by Crippen LogP contribution is -2.06. The second-order valence-electron chi connectivity index (χ2n) is 4.76. The molecule has 0 saturated carbocycles. The van der Waals surface area contributed by atoms with Crippen LogP contribution in [0.15, 0.2) is 48.5 Å². The van der Waals surface area contributed by atoms with E-state index in [1.165, 1.54) is 18.2 Å². The van der Waals surface area contributed by atoms with Gasteiger partial charge < -0.3 is 9.47 Å². The first-order chi connectivity index (χ1) is 11.0. The first kappa shape index (κ1) is 16.2. The maximum atomic E-state index is 11.9. The summed E-state index contributed by atoms with van der Waals surface area (Å²) >= 11 is 0. The number of ether oxygens (including phenoxy) is 2. The largest absolute Gasteiger partial charge is 0.497 e. The molecule has 0 bridgehead atoms. The Morgan fingerprint density at radius 2 is 2.00 bits per heavy atom. The lowest BCUT2D eigenvalue weighted by Gasteiger charge is -2.04. The van der Waals surface area contributed by atoms with Crippen molar-refractivity contribution >= 4 is 17.7 Å². The lowest BCUT2D eigenvalue weighted by molar-refractivity contribution is -0.385. The van der Waals surface area contributed by atoms with Crippen molar-refractivity contribution in [1.82, 2.24) is 0 Å². The van der Waals surface area contributed by atoms with Gasteiger partial charge in [0.15, 0.2) is 0 Å². The van der Waals surface area contributed by atoms with Gasteiger partial charge in [0.1, 0.15) is 5.75 Å². The van der Waals surface area contributed by atoms with Crippen LogP contribution >= 0.6 is 0 Å². The minimum atomic E-state index is -0.693. The maximum Gasteiger partial charge on any atom is 0.336 e. The number of nitro benzene ring substituents is 1. The molecule has 23 heavy (non-hydrogen) atoms.